The Morgan fingerprint density at radius 2 is 1.80 bits per heavy atom. The molecule has 0 spiro atoms. The van der Waals surface area contributed by atoms with E-state index >= 15 is 0 Å². The second-order valence-electron chi connectivity index (χ2n) is 2.36. The van der Waals surface area contributed by atoms with Crippen LogP contribution in [0.5, 0.6) is 0 Å². The average Bonchev–Trinajstić information content (AvgIpc) is 1.97. The van der Waals surface area contributed by atoms with Crippen molar-refractivity contribution in [2.45, 2.75) is 26.7 Å². The summed E-state index contributed by atoms with van der Waals surface area (Å²) < 4.78 is 0. The fourth-order valence-corrected chi connectivity index (χ4v) is 0.670. The Kier molecular flexibility index (Phi) is 8.85. The summed E-state index contributed by atoms with van der Waals surface area (Å²) >= 11 is 0. The molecule has 0 saturated carbocycles. The molecule has 1 radical (unpaired) electrons. The van der Waals surface area contributed by atoms with E-state index < -0.39 is 0 Å². The topological polar surface area (TPSA) is 24.1 Å². The Bertz CT molecular complexity index is 47.2. The summed E-state index contributed by atoms with van der Waals surface area (Å²) in [6.45, 7) is 9.61. The molecule has 0 fully saturated rings. The minimum absolute atomic E-state index is 0.980. The van der Waals surface area contributed by atoms with Crippen LogP contribution < -0.4 is 10.6 Å². The first-order chi connectivity index (χ1) is 4.91. The SMILES string of the molecule is CCCN[CH]CNCCC. The van der Waals surface area contributed by atoms with Crippen molar-refractivity contribution >= 4 is 0 Å². The fraction of sp³-hybridized carbons (Fsp3) is 0.875. The highest BCUT2D eigenvalue weighted by atomic mass is 14.9. The van der Waals surface area contributed by atoms with Gasteiger partial charge in [-0.25, -0.2) is 0 Å². The van der Waals surface area contributed by atoms with Crippen molar-refractivity contribution in [2.24, 2.45) is 0 Å². The maximum atomic E-state index is 3.28. The third-order valence-electron chi connectivity index (χ3n) is 1.21. The summed E-state index contributed by atoms with van der Waals surface area (Å²) in [5.74, 6) is 0. The van der Waals surface area contributed by atoms with E-state index in [2.05, 4.69) is 31.0 Å². The van der Waals surface area contributed by atoms with Gasteiger partial charge in [0.1, 0.15) is 0 Å². The van der Waals surface area contributed by atoms with Crippen molar-refractivity contribution in [1.82, 2.24) is 10.6 Å². The minimum Gasteiger partial charge on any atom is -0.315 e. The molecule has 2 nitrogen and oxygen atoms in total. The molecule has 0 heterocycles. The molecule has 0 aliphatic carbocycles. The van der Waals surface area contributed by atoms with Crippen LogP contribution in [-0.4, -0.2) is 19.6 Å². The van der Waals surface area contributed by atoms with Crippen LogP contribution in [0.4, 0.5) is 0 Å². The Labute approximate surface area is 64.4 Å². The van der Waals surface area contributed by atoms with Gasteiger partial charge in [-0.15, -0.1) is 0 Å². The van der Waals surface area contributed by atoms with Gasteiger partial charge in [0.25, 0.3) is 0 Å². The van der Waals surface area contributed by atoms with E-state index in [4.69, 9.17) is 0 Å². The van der Waals surface area contributed by atoms with Gasteiger partial charge in [-0.2, -0.15) is 0 Å². The zero-order valence-electron chi connectivity index (χ0n) is 7.11. The molecule has 0 bridgehead atoms. The van der Waals surface area contributed by atoms with Gasteiger partial charge >= 0.3 is 0 Å². The normalized spacial score (nSPS) is 10.2. The Morgan fingerprint density at radius 1 is 1.10 bits per heavy atom. The maximum absolute atomic E-state index is 3.28. The van der Waals surface area contributed by atoms with Crippen molar-refractivity contribution in [2.75, 3.05) is 19.6 Å². The van der Waals surface area contributed by atoms with E-state index in [-0.39, 0.29) is 0 Å². The van der Waals surface area contributed by atoms with Crippen molar-refractivity contribution in [1.29, 1.82) is 0 Å². The smallest absolute Gasteiger partial charge is 0.0359 e. The van der Waals surface area contributed by atoms with Crippen LogP contribution >= 0.6 is 0 Å². The number of rotatable bonds is 7. The number of hydrogen-bond acceptors (Lipinski definition) is 2. The van der Waals surface area contributed by atoms with Crippen LogP contribution in [0, 0.1) is 6.54 Å². The maximum Gasteiger partial charge on any atom is 0.0359 e. The summed E-state index contributed by atoms with van der Waals surface area (Å²) in [6.07, 6.45) is 2.41. The quantitative estimate of drug-likeness (QED) is 0.522. The van der Waals surface area contributed by atoms with E-state index in [0.29, 0.717) is 0 Å². The molecular formula is C8H19N2. The van der Waals surface area contributed by atoms with Crippen LogP contribution in [0.1, 0.15) is 26.7 Å². The van der Waals surface area contributed by atoms with Crippen LogP contribution in [-0.2, 0) is 0 Å². The Balaban J connectivity index is 2.65. The lowest BCUT2D eigenvalue weighted by Gasteiger charge is -2.02. The molecule has 0 aliphatic heterocycles. The molecule has 10 heavy (non-hydrogen) atoms. The first kappa shape index (κ1) is 9.92. The summed E-state index contributed by atoms with van der Waals surface area (Å²) in [5, 5.41) is 6.48. The Hall–Kier alpha value is -0.0800. The van der Waals surface area contributed by atoms with E-state index in [1.807, 2.05) is 0 Å². The van der Waals surface area contributed by atoms with Gasteiger partial charge in [-0.3, -0.25) is 0 Å². The van der Waals surface area contributed by atoms with Gasteiger partial charge in [0.05, 0.1) is 0 Å². The van der Waals surface area contributed by atoms with Gasteiger partial charge < -0.3 is 10.6 Å². The highest BCUT2D eigenvalue weighted by Gasteiger charge is 1.84. The van der Waals surface area contributed by atoms with Crippen molar-refractivity contribution in [3.63, 3.8) is 0 Å². The highest BCUT2D eigenvalue weighted by Crippen LogP contribution is 1.73. The molecule has 0 aliphatic rings. The molecule has 2 heteroatoms. The van der Waals surface area contributed by atoms with Crippen LogP contribution in [0.15, 0.2) is 0 Å². The van der Waals surface area contributed by atoms with Crippen molar-refractivity contribution in [3.8, 4) is 0 Å². The lowest BCUT2D eigenvalue weighted by molar-refractivity contribution is 0.658. The van der Waals surface area contributed by atoms with Gasteiger partial charge in [0, 0.05) is 13.1 Å². The van der Waals surface area contributed by atoms with Crippen LogP contribution in [0.25, 0.3) is 0 Å². The minimum atomic E-state index is 0.980. The van der Waals surface area contributed by atoms with E-state index in [0.717, 1.165) is 19.6 Å². The molecule has 0 aromatic carbocycles. The molecule has 0 unspecified atom stereocenters. The zero-order chi connectivity index (χ0) is 7.66. The third kappa shape index (κ3) is 7.92. The first-order valence-electron chi connectivity index (χ1n) is 4.17. The second-order valence-corrected chi connectivity index (χ2v) is 2.36. The molecule has 0 aromatic heterocycles. The number of hydrogen-bond donors (Lipinski definition) is 2. The predicted molar refractivity (Wildman–Crippen MR) is 45.8 cm³/mol. The van der Waals surface area contributed by atoms with E-state index in [1.54, 1.807) is 0 Å². The summed E-state index contributed by atoms with van der Waals surface area (Å²) in [7, 11) is 0. The summed E-state index contributed by atoms with van der Waals surface area (Å²) in [6, 6.07) is 0. The van der Waals surface area contributed by atoms with Gasteiger partial charge in [-0.05, 0) is 25.9 Å². The predicted octanol–water partition coefficient (Wildman–Crippen LogP) is 1.15. The lowest BCUT2D eigenvalue weighted by Crippen LogP contribution is -2.23. The van der Waals surface area contributed by atoms with Crippen LogP contribution in [0.2, 0.25) is 0 Å². The average molecular weight is 143 g/mol. The zero-order valence-corrected chi connectivity index (χ0v) is 7.11. The lowest BCUT2D eigenvalue weighted by atomic mass is 10.4. The molecular weight excluding hydrogens is 124 g/mol. The van der Waals surface area contributed by atoms with Gasteiger partial charge in [0.15, 0.2) is 0 Å². The van der Waals surface area contributed by atoms with Crippen molar-refractivity contribution < 1.29 is 0 Å². The summed E-state index contributed by atoms with van der Waals surface area (Å²) in [5.41, 5.74) is 0. The van der Waals surface area contributed by atoms with Gasteiger partial charge in [-0.1, -0.05) is 13.8 Å². The molecule has 0 amide bonds. The molecule has 2 N–H and O–H groups in total. The van der Waals surface area contributed by atoms with E-state index in [9.17, 15) is 0 Å². The molecule has 61 valence electrons. The monoisotopic (exact) mass is 143 g/mol. The molecule has 0 aromatic rings. The summed E-state index contributed by atoms with van der Waals surface area (Å²) in [4.78, 5) is 0. The largest absolute Gasteiger partial charge is 0.315 e. The third-order valence-corrected chi connectivity index (χ3v) is 1.21. The van der Waals surface area contributed by atoms with Gasteiger partial charge in [0.2, 0.25) is 0 Å². The van der Waals surface area contributed by atoms with Crippen LogP contribution in [0.3, 0.4) is 0 Å². The fourth-order valence-electron chi connectivity index (χ4n) is 0.670. The molecule has 0 atom stereocenters. The van der Waals surface area contributed by atoms with E-state index in [1.165, 1.54) is 12.8 Å². The second kappa shape index (κ2) is 8.92. The van der Waals surface area contributed by atoms with Crippen molar-refractivity contribution in [3.05, 3.63) is 6.54 Å². The Morgan fingerprint density at radius 3 is 2.40 bits per heavy atom. The number of nitrogens with one attached hydrogen (secondary N) is 2. The molecule has 0 rings (SSSR count). The standard InChI is InChI=1S/C8H19N2/c1-3-5-9-7-8-10-6-4-2/h7,9-10H,3-6,8H2,1-2H3. The first-order valence-corrected chi connectivity index (χ1v) is 4.17. The highest BCUT2D eigenvalue weighted by molar-refractivity contribution is 4.63. The molecule has 0 saturated heterocycles.